The van der Waals surface area contributed by atoms with Crippen LogP contribution in [0.25, 0.3) is 0 Å². The number of carbonyl (C=O) groups excluding carboxylic acids is 1. The molecule has 0 amide bonds. The third-order valence-corrected chi connectivity index (χ3v) is 3.05. The lowest BCUT2D eigenvalue weighted by Crippen LogP contribution is -2.12. The number of methoxy groups -OCH3 is 1. The molecule has 0 saturated heterocycles. The molecular formula is C11H12F2INO3. The molecule has 0 radical (unpaired) electrons. The van der Waals surface area contributed by atoms with Gasteiger partial charge in [-0.05, 0) is 29.5 Å². The molecule has 0 aliphatic carbocycles. The highest BCUT2D eigenvalue weighted by Gasteiger charge is 2.21. The average molecular weight is 371 g/mol. The molecule has 0 aliphatic heterocycles. The highest BCUT2D eigenvalue weighted by molar-refractivity contribution is 14.1. The number of pyridine rings is 1. The fourth-order valence-corrected chi connectivity index (χ4v) is 2.11. The van der Waals surface area contributed by atoms with Crippen LogP contribution in [0.2, 0.25) is 0 Å². The van der Waals surface area contributed by atoms with Crippen molar-refractivity contribution in [2.24, 2.45) is 0 Å². The first kappa shape index (κ1) is 15.1. The fraction of sp³-hybridized carbons (Fsp3) is 0.455. The topological polar surface area (TPSA) is 48.4 Å². The first-order valence-electron chi connectivity index (χ1n) is 5.16. The van der Waals surface area contributed by atoms with E-state index >= 15 is 0 Å². The molecule has 1 aromatic rings. The maximum absolute atomic E-state index is 12.9. The summed E-state index contributed by atoms with van der Waals surface area (Å²) in [4.78, 5) is 15.3. The first-order valence-corrected chi connectivity index (χ1v) is 6.24. The number of carbonyl (C=O) groups is 1. The Bertz CT molecular complexity index is 441. The van der Waals surface area contributed by atoms with Crippen LogP contribution in [-0.2, 0) is 16.0 Å². The highest BCUT2D eigenvalue weighted by Crippen LogP contribution is 2.29. The first-order chi connectivity index (χ1) is 8.49. The molecule has 100 valence electrons. The van der Waals surface area contributed by atoms with Gasteiger partial charge in [0.2, 0.25) is 5.88 Å². The van der Waals surface area contributed by atoms with Gasteiger partial charge in [0.15, 0.2) is 0 Å². The van der Waals surface area contributed by atoms with Gasteiger partial charge in [0.1, 0.15) is 3.70 Å². The van der Waals surface area contributed by atoms with Crippen molar-refractivity contribution < 1.29 is 23.0 Å². The molecule has 0 saturated carbocycles. The Kier molecular flexibility index (Phi) is 5.70. The van der Waals surface area contributed by atoms with E-state index in [1.807, 2.05) is 0 Å². The van der Waals surface area contributed by atoms with Crippen molar-refractivity contribution in [3.63, 3.8) is 0 Å². The Morgan fingerprint density at radius 2 is 2.22 bits per heavy atom. The number of nitrogens with zero attached hydrogens (tertiary/aromatic N) is 1. The van der Waals surface area contributed by atoms with Gasteiger partial charge in [-0.1, -0.05) is 0 Å². The lowest BCUT2D eigenvalue weighted by Gasteiger charge is -2.12. The zero-order valence-electron chi connectivity index (χ0n) is 9.87. The Hall–Kier alpha value is -0.990. The minimum Gasteiger partial charge on any atom is -0.481 e. The molecule has 1 aromatic heterocycles. The van der Waals surface area contributed by atoms with E-state index in [0.29, 0.717) is 3.70 Å². The number of rotatable bonds is 5. The lowest BCUT2D eigenvalue weighted by molar-refractivity contribution is -0.142. The summed E-state index contributed by atoms with van der Waals surface area (Å²) in [6.45, 7) is 1.87. The highest BCUT2D eigenvalue weighted by atomic mass is 127. The van der Waals surface area contributed by atoms with E-state index in [-0.39, 0.29) is 30.0 Å². The molecule has 0 spiro atoms. The van der Waals surface area contributed by atoms with Crippen molar-refractivity contribution in [2.75, 3.05) is 13.7 Å². The minimum atomic E-state index is -2.69. The number of hydrogen-bond donors (Lipinski definition) is 0. The molecule has 7 heteroatoms. The second kappa shape index (κ2) is 6.81. The predicted octanol–water partition coefficient (Wildman–Crippen LogP) is 2.74. The molecule has 0 unspecified atom stereocenters. The predicted molar refractivity (Wildman–Crippen MR) is 68.8 cm³/mol. The van der Waals surface area contributed by atoms with Crippen molar-refractivity contribution in [1.29, 1.82) is 0 Å². The average Bonchev–Trinajstić information content (AvgIpc) is 2.31. The Morgan fingerprint density at radius 1 is 1.56 bits per heavy atom. The quantitative estimate of drug-likeness (QED) is 0.454. The number of esters is 1. The van der Waals surface area contributed by atoms with E-state index in [0.717, 1.165) is 6.07 Å². The summed E-state index contributed by atoms with van der Waals surface area (Å²) >= 11 is 1.80. The number of hydrogen-bond acceptors (Lipinski definition) is 4. The van der Waals surface area contributed by atoms with Crippen molar-refractivity contribution in [2.45, 2.75) is 19.8 Å². The molecule has 0 bridgehead atoms. The fourth-order valence-electron chi connectivity index (χ4n) is 1.37. The van der Waals surface area contributed by atoms with Gasteiger partial charge < -0.3 is 9.47 Å². The monoisotopic (exact) mass is 371 g/mol. The standard InChI is InChI=1S/C11H12F2INO3/c1-3-18-9(16)5-7-6(10(12)13)4-8(17-2)15-11(7)14/h4,10H,3,5H2,1-2H3. The van der Waals surface area contributed by atoms with Crippen LogP contribution in [0, 0.1) is 3.70 Å². The number of aromatic nitrogens is 1. The normalized spacial score (nSPS) is 10.6. The zero-order chi connectivity index (χ0) is 13.7. The number of alkyl halides is 2. The zero-order valence-corrected chi connectivity index (χ0v) is 12.0. The molecule has 0 fully saturated rings. The van der Waals surface area contributed by atoms with E-state index in [1.165, 1.54) is 7.11 Å². The second-order valence-corrected chi connectivity index (χ2v) is 4.33. The maximum atomic E-state index is 12.9. The second-order valence-electron chi connectivity index (χ2n) is 3.31. The van der Waals surface area contributed by atoms with Crippen molar-refractivity contribution in [1.82, 2.24) is 4.98 Å². The van der Waals surface area contributed by atoms with Crippen molar-refractivity contribution >= 4 is 28.6 Å². The Labute approximate surface area is 117 Å². The lowest BCUT2D eigenvalue weighted by atomic mass is 10.1. The minimum absolute atomic E-state index is 0.0994. The summed E-state index contributed by atoms with van der Waals surface area (Å²) in [5.41, 5.74) is -0.0656. The molecule has 0 aliphatic rings. The SMILES string of the molecule is CCOC(=O)Cc1c(C(F)F)cc(OC)nc1I. The van der Waals surface area contributed by atoms with Crippen LogP contribution in [0.3, 0.4) is 0 Å². The van der Waals surface area contributed by atoms with Crippen LogP contribution in [0.4, 0.5) is 8.78 Å². The Morgan fingerprint density at radius 3 is 2.72 bits per heavy atom. The van der Waals surface area contributed by atoms with E-state index in [9.17, 15) is 13.6 Å². The van der Waals surface area contributed by atoms with Gasteiger partial charge in [0.25, 0.3) is 6.43 Å². The Balaban J connectivity index is 3.12. The van der Waals surface area contributed by atoms with E-state index in [1.54, 1.807) is 29.5 Å². The van der Waals surface area contributed by atoms with Crippen LogP contribution >= 0.6 is 22.6 Å². The molecular weight excluding hydrogens is 359 g/mol. The third-order valence-electron chi connectivity index (χ3n) is 2.16. The molecule has 1 rings (SSSR count). The van der Waals surface area contributed by atoms with Gasteiger partial charge in [0.05, 0.1) is 20.1 Å². The molecule has 1 heterocycles. The summed E-state index contributed by atoms with van der Waals surface area (Å²) < 4.78 is 35.7. The van der Waals surface area contributed by atoms with E-state index in [2.05, 4.69) is 4.98 Å². The molecule has 4 nitrogen and oxygen atoms in total. The van der Waals surface area contributed by atoms with Gasteiger partial charge in [-0.2, -0.15) is 0 Å². The molecule has 18 heavy (non-hydrogen) atoms. The number of halogens is 3. The molecule has 0 atom stereocenters. The summed E-state index contributed by atoms with van der Waals surface area (Å²) in [6, 6.07) is 1.14. The smallest absolute Gasteiger partial charge is 0.310 e. The maximum Gasteiger partial charge on any atom is 0.310 e. The van der Waals surface area contributed by atoms with Crippen LogP contribution in [0.1, 0.15) is 24.5 Å². The summed E-state index contributed by atoms with van der Waals surface area (Å²) in [5, 5.41) is 0. The van der Waals surface area contributed by atoms with Crippen LogP contribution < -0.4 is 4.74 Å². The summed E-state index contributed by atoms with van der Waals surface area (Å²) in [6.07, 6.45) is -2.91. The summed E-state index contributed by atoms with van der Waals surface area (Å²) in [7, 11) is 1.35. The largest absolute Gasteiger partial charge is 0.481 e. The van der Waals surface area contributed by atoms with E-state index < -0.39 is 12.4 Å². The van der Waals surface area contributed by atoms with Gasteiger partial charge in [-0.15, -0.1) is 0 Å². The van der Waals surface area contributed by atoms with Crippen LogP contribution in [0.5, 0.6) is 5.88 Å². The third kappa shape index (κ3) is 3.76. The van der Waals surface area contributed by atoms with Gasteiger partial charge in [-0.3, -0.25) is 4.79 Å². The van der Waals surface area contributed by atoms with Crippen LogP contribution in [-0.4, -0.2) is 24.7 Å². The van der Waals surface area contributed by atoms with Gasteiger partial charge >= 0.3 is 5.97 Å². The van der Waals surface area contributed by atoms with Crippen LogP contribution in [0.15, 0.2) is 6.07 Å². The summed E-state index contributed by atoms with van der Waals surface area (Å²) in [5.74, 6) is -0.452. The van der Waals surface area contributed by atoms with Crippen molar-refractivity contribution in [3.8, 4) is 5.88 Å². The molecule has 0 aromatic carbocycles. The van der Waals surface area contributed by atoms with E-state index in [4.69, 9.17) is 9.47 Å². The van der Waals surface area contributed by atoms with Crippen molar-refractivity contribution in [3.05, 3.63) is 20.9 Å². The molecule has 0 N–H and O–H groups in total. The van der Waals surface area contributed by atoms with Gasteiger partial charge in [-0.25, -0.2) is 13.8 Å². The van der Waals surface area contributed by atoms with Gasteiger partial charge in [0, 0.05) is 17.2 Å². The number of ether oxygens (including phenoxy) is 2.